The summed E-state index contributed by atoms with van der Waals surface area (Å²) in [6.07, 6.45) is 0.711. The van der Waals surface area contributed by atoms with Crippen LogP contribution in [0.25, 0.3) is 0 Å². The van der Waals surface area contributed by atoms with Crippen molar-refractivity contribution in [2.24, 2.45) is 34.5 Å². The van der Waals surface area contributed by atoms with Crippen LogP contribution in [0.3, 0.4) is 0 Å². The monoisotopic (exact) mass is 985 g/mol. The van der Waals surface area contributed by atoms with Crippen LogP contribution in [0.5, 0.6) is 0 Å². The average Bonchev–Trinajstić information content (AvgIpc) is 3.15. The molecule has 18 nitrogen and oxygen atoms in total. The number of nitrogens with one attached hydrogen (secondary N) is 2. The number of methoxy groups -OCH3 is 2. The molecule has 0 saturated heterocycles. The number of aliphatic hydroxyl groups excluding tert-OH is 1. The summed E-state index contributed by atoms with van der Waals surface area (Å²) >= 11 is 0. The van der Waals surface area contributed by atoms with Gasteiger partial charge in [-0.15, -0.1) is 0 Å². The van der Waals surface area contributed by atoms with E-state index < -0.39 is 64.9 Å². The van der Waals surface area contributed by atoms with E-state index in [2.05, 4.69) is 52.9 Å². The number of quaternary nitrogens is 2. The van der Waals surface area contributed by atoms with Gasteiger partial charge in [0.2, 0.25) is 23.6 Å². The molecule has 65 heavy (non-hydrogen) atoms. The molecule has 4 atom stereocenters. The molecule has 0 heterocycles. The van der Waals surface area contributed by atoms with Crippen molar-refractivity contribution in [2.45, 2.75) is 105 Å². The molecule has 0 bridgehead atoms. The predicted molar refractivity (Wildman–Crippen MR) is 236 cm³/mol. The summed E-state index contributed by atoms with van der Waals surface area (Å²) in [6.45, 7) is 13.4. The van der Waals surface area contributed by atoms with Crippen molar-refractivity contribution in [1.29, 1.82) is 0 Å². The number of ether oxygens (including phenoxy) is 2. The summed E-state index contributed by atoms with van der Waals surface area (Å²) < 4.78 is 12.0. The van der Waals surface area contributed by atoms with E-state index in [0.717, 1.165) is 34.9 Å². The Morgan fingerprint density at radius 1 is 0.646 bits per heavy atom. The summed E-state index contributed by atoms with van der Waals surface area (Å²) in [7, 11) is 18.6. The Morgan fingerprint density at radius 2 is 0.985 bits per heavy atom. The summed E-state index contributed by atoms with van der Waals surface area (Å²) in [5.74, 6) is -5.97. The third-order valence-corrected chi connectivity index (χ3v) is 11.0. The average molecular weight is 986 g/mol. The second-order valence-corrected chi connectivity index (χ2v) is 20.0. The first-order valence-electron chi connectivity index (χ1n) is 21.8. The van der Waals surface area contributed by atoms with Gasteiger partial charge in [-0.25, -0.2) is 0 Å². The molecule has 0 fully saturated rings. The van der Waals surface area contributed by atoms with Crippen LogP contribution in [0.4, 0.5) is 0 Å². The fourth-order valence-electron chi connectivity index (χ4n) is 7.03. The first kappa shape index (κ1) is 72.1. The van der Waals surface area contributed by atoms with Crippen LogP contribution in [-0.2, 0) is 38.2 Å². The van der Waals surface area contributed by atoms with Crippen LogP contribution in [0, 0.1) is 34.5 Å². The molecule has 0 saturated carbocycles. The number of likely N-dealkylation sites (N-methyl/N-ethyl adjacent to an activating group) is 2. The van der Waals surface area contributed by atoms with Crippen molar-refractivity contribution in [3.05, 3.63) is 0 Å². The molecular weight excluding hydrogens is 898 g/mol. The molecule has 0 rings (SSSR count). The van der Waals surface area contributed by atoms with Gasteiger partial charge in [0.05, 0.1) is 74.4 Å². The van der Waals surface area contributed by atoms with Crippen molar-refractivity contribution in [1.82, 2.24) is 20.4 Å². The molecule has 0 aliphatic rings. The van der Waals surface area contributed by atoms with Crippen molar-refractivity contribution >= 4 is 35.6 Å². The van der Waals surface area contributed by atoms with E-state index >= 15 is 0 Å². The van der Waals surface area contributed by atoms with Crippen LogP contribution in [0.15, 0.2) is 0 Å². The van der Waals surface area contributed by atoms with Gasteiger partial charge in [0.15, 0.2) is 12.6 Å². The molecule has 0 spiro atoms. The van der Waals surface area contributed by atoms with Crippen LogP contribution in [-0.4, -0.2) is 192 Å². The minimum Gasteiger partial charge on any atom is -1.00 e. The molecule has 0 aromatic carbocycles. The molecule has 380 valence electrons. The number of carboxylic acids is 2. The second-order valence-electron chi connectivity index (χ2n) is 20.0. The van der Waals surface area contributed by atoms with Gasteiger partial charge >= 0.3 is 35.5 Å². The number of halogens is 2. The summed E-state index contributed by atoms with van der Waals surface area (Å²) in [5, 5.41) is 45.2. The van der Waals surface area contributed by atoms with Gasteiger partial charge in [0.1, 0.15) is 0 Å². The molecule has 4 amide bonds. The molecular formula is C44H87Cl2N6NaO12. The van der Waals surface area contributed by atoms with E-state index in [0.29, 0.717) is 25.9 Å². The van der Waals surface area contributed by atoms with E-state index in [1.807, 2.05) is 0 Å². The first-order chi connectivity index (χ1) is 28.3. The number of aliphatic hydroxyl groups is 2. The number of carbonyl (C=O) groups excluding carboxylic acids is 5. The minimum atomic E-state index is -1.68. The van der Waals surface area contributed by atoms with Crippen LogP contribution in [0.2, 0.25) is 0 Å². The zero-order valence-electron chi connectivity index (χ0n) is 42.9. The van der Waals surface area contributed by atoms with Crippen molar-refractivity contribution in [2.75, 3.05) is 110 Å². The number of rotatable bonds is 30. The van der Waals surface area contributed by atoms with Crippen LogP contribution in [0.1, 0.15) is 92.9 Å². The van der Waals surface area contributed by atoms with Gasteiger partial charge in [0, 0.05) is 82.9 Å². The molecule has 0 aromatic rings. The number of nitrogens with zero attached hydrogens (tertiary/aromatic N) is 4. The topological polar surface area (TPSA) is 235 Å². The van der Waals surface area contributed by atoms with Crippen molar-refractivity contribution in [3.8, 4) is 0 Å². The number of carboxylic acid groups (broad SMARTS) is 2. The maximum Gasteiger partial charge on any atom is 1.00 e. The summed E-state index contributed by atoms with van der Waals surface area (Å²) in [5.41, 5.74) is -1.73. The molecule has 21 heteroatoms. The molecule has 4 unspecified atom stereocenters. The SMILES string of the molecule is CCC(CC(CC(C)(C)C(=O)NCCC[N+](C)(C)C)C(=O)N(C)CC(O)O)C(=O)O.CCC(CC(CC(C)(C)C(=O)NCCC[N+](C)(C)C)C(=O)N(C)CC(OC)OC)C(=O)[O-].[Cl-].[Cl-].[Na+]. The Kier molecular flexibility index (Phi) is 38.2. The Labute approximate surface area is 425 Å². The Bertz CT molecular complexity index is 1390. The summed E-state index contributed by atoms with van der Waals surface area (Å²) in [4.78, 5) is 77.4. The van der Waals surface area contributed by atoms with Gasteiger partial charge < -0.3 is 88.9 Å². The van der Waals surface area contributed by atoms with Crippen LogP contribution >= 0.6 is 0 Å². The largest absolute Gasteiger partial charge is 1.00 e. The van der Waals surface area contributed by atoms with Gasteiger partial charge in [0.25, 0.3) is 0 Å². The van der Waals surface area contributed by atoms with Gasteiger partial charge in [-0.2, -0.15) is 0 Å². The van der Waals surface area contributed by atoms with Crippen molar-refractivity contribution in [3.63, 3.8) is 0 Å². The van der Waals surface area contributed by atoms with E-state index in [9.17, 15) is 49.2 Å². The zero-order valence-corrected chi connectivity index (χ0v) is 46.4. The van der Waals surface area contributed by atoms with Crippen LogP contribution < -0.4 is 70.1 Å². The first-order valence-corrected chi connectivity index (χ1v) is 21.8. The fourth-order valence-corrected chi connectivity index (χ4v) is 7.03. The molecule has 0 aliphatic carbocycles. The van der Waals surface area contributed by atoms with Crippen molar-refractivity contribution < 1.29 is 122 Å². The Balaban J connectivity index is -0.000000354. The quantitative estimate of drug-likeness (QED) is 0.0196. The second kappa shape index (κ2) is 34.4. The summed E-state index contributed by atoms with van der Waals surface area (Å²) in [6, 6.07) is 0. The molecule has 5 N–H and O–H groups in total. The van der Waals surface area contributed by atoms with E-state index in [-0.39, 0.29) is 111 Å². The Hall–Kier alpha value is -1.84. The van der Waals surface area contributed by atoms with E-state index in [1.165, 1.54) is 31.1 Å². The maximum atomic E-state index is 13.2. The van der Waals surface area contributed by atoms with E-state index in [4.69, 9.17) is 9.47 Å². The van der Waals surface area contributed by atoms with Gasteiger partial charge in [-0.1, -0.05) is 41.5 Å². The normalized spacial score (nSPS) is 13.6. The van der Waals surface area contributed by atoms with Gasteiger partial charge in [-0.05, 0) is 44.4 Å². The number of carbonyl (C=O) groups is 6. The third-order valence-electron chi connectivity index (χ3n) is 11.0. The number of hydrogen-bond acceptors (Lipinski definition) is 11. The fraction of sp³-hybridized carbons (Fsp3) is 0.864. The predicted octanol–water partition coefficient (Wildman–Crippen LogP) is -8.01. The van der Waals surface area contributed by atoms with E-state index in [1.54, 1.807) is 48.6 Å². The maximum absolute atomic E-state index is 13.2. The third kappa shape index (κ3) is 31.8. The minimum absolute atomic E-state index is 0. The number of aliphatic carboxylic acids is 2. The number of amides is 4. The molecule has 0 aromatic heterocycles. The van der Waals surface area contributed by atoms with Gasteiger partial charge in [-0.3, -0.25) is 24.0 Å². The standard InChI is InChI=1S/C23H45N3O6.C21H41N3O6.2ClH.Na/c1-10-17(21(28)29)14-18(20(27)25(4)16-19(31-8)32-9)15-23(2,3)22(30)24-12-11-13-26(5,6)7;1-8-15(19(28)29)12-16(18(27)23(4)14-17(25)26)13-21(2,3)20(30)22-10-9-11-24(5,6)7;;;/h17-19H,10-16H2,1-9H3,(H-,24,28,29,30);15-17,25-26H,8-14H2,1-7H3,(H-,22,28,29,30);2*1H;/q;;;;+1/p-1. The Morgan fingerprint density at radius 3 is 1.26 bits per heavy atom. The number of hydrogen-bond donors (Lipinski definition) is 5. The zero-order chi connectivity index (χ0) is 48.8. The smallest absolute Gasteiger partial charge is 1.00 e. The molecule has 0 radical (unpaired) electrons. The molecule has 0 aliphatic heterocycles.